The van der Waals surface area contributed by atoms with E-state index in [0.717, 1.165) is 7.11 Å². The second-order valence-electron chi connectivity index (χ2n) is 0.778. The first-order valence-corrected chi connectivity index (χ1v) is 4.17. The van der Waals surface area contributed by atoms with Gasteiger partial charge in [0.2, 0.25) is 10.6 Å². The second kappa shape index (κ2) is 5.34. The molecule has 0 atom stereocenters. The van der Waals surface area contributed by atoms with Gasteiger partial charge in [-0.2, -0.15) is 0 Å². The fourth-order valence-electron chi connectivity index (χ4n) is 0. The van der Waals surface area contributed by atoms with Crippen molar-refractivity contribution in [1.29, 1.82) is 0 Å². The lowest BCUT2D eigenvalue weighted by molar-refractivity contribution is 0.0881. The van der Waals surface area contributed by atoms with E-state index in [2.05, 4.69) is 4.43 Å². The van der Waals surface area contributed by atoms with Gasteiger partial charge in [-0.05, 0) is 0 Å². The van der Waals surface area contributed by atoms with E-state index in [0.29, 0.717) is 0 Å². The Balaban J connectivity index is 0. The zero-order chi connectivity index (χ0) is 7.21. The molecule has 0 aromatic rings. The first kappa shape index (κ1) is 11.1. The molecular weight excluding hydrogens is 151 g/mol. The van der Waals surface area contributed by atoms with E-state index in [4.69, 9.17) is 14.4 Å². The largest absolute Gasteiger partial charge is 0.671 e. The summed E-state index contributed by atoms with van der Waals surface area (Å²) in [6.07, 6.45) is 0. The molecule has 0 aliphatic heterocycles. The van der Waals surface area contributed by atoms with Crippen molar-refractivity contribution >= 4 is 19.6 Å². The molecule has 0 fully saturated rings. The van der Waals surface area contributed by atoms with Gasteiger partial charge < -0.3 is 22.9 Å². The van der Waals surface area contributed by atoms with Crippen LogP contribution in [0.4, 0.5) is 4.11 Å². The molecule has 0 rings (SSSR count). The molecule has 0 saturated heterocycles. The lowest BCUT2D eigenvalue weighted by atomic mass is 11.8. The summed E-state index contributed by atoms with van der Waals surface area (Å²) < 4.78 is 13.4. The summed E-state index contributed by atoms with van der Waals surface area (Å²) in [5, 5.41) is 0. The monoisotopic (exact) mass is 160 g/mol. The molecule has 0 unspecified atom stereocenters. The van der Waals surface area contributed by atoms with Crippen molar-refractivity contribution in [2.75, 3.05) is 7.11 Å². The quantitative estimate of drug-likeness (QED) is 0.288. The van der Waals surface area contributed by atoms with Gasteiger partial charge in [0, 0.05) is 7.11 Å². The maximum atomic E-state index is 9.64. The molecule has 0 heterocycles. The van der Waals surface area contributed by atoms with Gasteiger partial charge in [-0.15, -0.1) is 0 Å². The number of rotatable bonds is 1. The summed E-state index contributed by atoms with van der Waals surface area (Å²) in [4.78, 5) is 23.6. The van der Waals surface area contributed by atoms with Crippen LogP contribution < -0.4 is 0 Å². The number of halogens is 1. The molecule has 0 aromatic heterocycles. The lowest BCUT2D eigenvalue weighted by Gasteiger charge is -2.01. The molecule has 4 nitrogen and oxygen atoms in total. The van der Waals surface area contributed by atoms with Crippen molar-refractivity contribution in [1.82, 2.24) is 0 Å². The smallest absolute Gasteiger partial charge is 0.368 e. The third kappa shape index (κ3) is 16.4. The van der Waals surface area contributed by atoms with Crippen molar-refractivity contribution in [3.05, 3.63) is 0 Å². The van der Waals surface area contributed by atoms with Crippen molar-refractivity contribution in [2.45, 2.75) is 0 Å². The minimum atomic E-state index is -4.13. The molecule has 0 aromatic carbocycles. The number of hydrogen-bond donors (Lipinski definition) is 3. The highest BCUT2D eigenvalue weighted by atomic mass is 28.4. The van der Waals surface area contributed by atoms with E-state index in [9.17, 15) is 4.11 Å². The van der Waals surface area contributed by atoms with E-state index < -0.39 is 9.05 Å². The Morgan fingerprint density at radius 2 is 1.50 bits per heavy atom. The summed E-state index contributed by atoms with van der Waals surface area (Å²) in [7, 11) is -3.31. The fraction of sp³-hybridized carbons (Fsp3) is 1.00. The molecule has 0 aliphatic carbocycles. The van der Waals surface area contributed by atoms with Crippen LogP contribution in [0.1, 0.15) is 0 Å². The predicted molar refractivity (Wildman–Crippen MR) is 30.5 cm³/mol. The first-order chi connectivity index (χ1) is 3.56. The van der Waals surface area contributed by atoms with Gasteiger partial charge in [0.05, 0.1) is 0 Å². The number of hydrogen-bond acceptors (Lipinski definition) is 4. The normalized spacial score (nSPS) is 10.1. The van der Waals surface area contributed by atoms with Crippen molar-refractivity contribution < 1.29 is 22.9 Å². The summed E-state index contributed by atoms with van der Waals surface area (Å²) in [6.45, 7) is 0. The second-order valence-corrected chi connectivity index (χ2v) is 2.33. The lowest BCUT2D eigenvalue weighted by Crippen LogP contribution is -2.37. The van der Waals surface area contributed by atoms with Crippen molar-refractivity contribution in [3.8, 4) is 0 Å². The van der Waals surface area contributed by atoms with Gasteiger partial charge in [0.15, 0.2) is 0 Å². The van der Waals surface area contributed by atoms with Gasteiger partial charge in [0.25, 0.3) is 0 Å². The Labute approximate surface area is 50.6 Å². The van der Waals surface area contributed by atoms with Gasteiger partial charge >= 0.3 is 9.05 Å². The van der Waals surface area contributed by atoms with E-state index >= 15 is 0 Å². The molecule has 3 N–H and O–H groups in total. The van der Waals surface area contributed by atoms with Crippen LogP contribution in [0.25, 0.3) is 0 Å². The fourth-order valence-corrected chi connectivity index (χ4v) is 0. The van der Waals surface area contributed by atoms with E-state index in [-0.39, 0.29) is 10.6 Å². The van der Waals surface area contributed by atoms with Crippen LogP contribution in [0.5, 0.6) is 0 Å². The molecule has 0 spiro atoms. The molecule has 0 aliphatic rings. The summed E-state index contributed by atoms with van der Waals surface area (Å²) in [6, 6.07) is 0. The van der Waals surface area contributed by atoms with Crippen LogP contribution >= 0.6 is 0 Å². The van der Waals surface area contributed by atoms with E-state index in [1.165, 1.54) is 0 Å². The maximum Gasteiger partial charge on any atom is 0.671 e. The first-order valence-electron chi connectivity index (χ1n) is 1.66. The Kier molecular flexibility index (Phi) is 7.39. The van der Waals surface area contributed by atoms with Crippen LogP contribution in [0, 0.1) is 0 Å². The Hall–Kier alpha value is 0.204. The SMILES string of the molecule is CO[Si](O)(O)O.F[SiH3]. The Morgan fingerprint density at radius 1 is 1.38 bits per heavy atom. The molecule has 8 heavy (non-hydrogen) atoms. The third-order valence-electron chi connectivity index (χ3n) is 0.274. The molecule has 0 amide bonds. The molecule has 52 valence electrons. The average Bonchev–Trinajstić information content (AvgIpc) is 1.71. The Morgan fingerprint density at radius 3 is 1.50 bits per heavy atom. The summed E-state index contributed by atoms with van der Waals surface area (Å²) >= 11 is 0. The van der Waals surface area contributed by atoms with Crippen molar-refractivity contribution in [2.24, 2.45) is 0 Å². The highest BCUT2D eigenvalue weighted by molar-refractivity contribution is 6.48. The van der Waals surface area contributed by atoms with Gasteiger partial charge in [-0.1, -0.05) is 0 Å². The highest BCUT2D eigenvalue weighted by Gasteiger charge is 2.27. The van der Waals surface area contributed by atoms with Crippen molar-refractivity contribution in [3.63, 3.8) is 0 Å². The predicted octanol–water partition coefficient (Wildman–Crippen LogP) is -2.72. The van der Waals surface area contributed by atoms with Gasteiger partial charge in [0.1, 0.15) is 0 Å². The Bertz CT molecular complexity index is 43.8. The summed E-state index contributed by atoms with van der Waals surface area (Å²) in [5.74, 6) is 0. The van der Waals surface area contributed by atoms with Crippen LogP contribution in [-0.2, 0) is 4.43 Å². The minimum absolute atomic E-state index is 0.194. The van der Waals surface area contributed by atoms with Crippen LogP contribution in [0.3, 0.4) is 0 Å². The zero-order valence-electron chi connectivity index (χ0n) is 4.63. The van der Waals surface area contributed by atoms with E-state index in [1.54, 1.807) is 0 Å². The average molecular weight is 160 g/mol. The summed E-state index contributed by atoms with van der Waals surface area (Å²) in [5.41, 5.74) is 0. The van der Waals surface area contributed by atoms with Crippen LogP contribution in [0.2, 0.25) is 0 Å². The van der Waals surface area contributed by atoms with Gasteiger partial charge in [-0.25, -0.2) is 0 Å². The minimum Gasteiger partial charge on any atom is -0.368 e. The zero-order valence-corrected chi connectivity index (χ0v) is 7.63. The van der Waals surface area contributed by atoms with Gasteiger partial charge in [-0.3, -0.25) is 0 Å². The standard InChI is InChI=1S/CH6O4Si.FH3Si/c1-5-6(2,3)4;1-2/h2-4H,1H3;2H3. The topological polar surface area (TPSA) is 69.9 Å². The maximum absolute atomic E-state index is 9.64. The molecule has 7 heteroatoms. The third-order valence-corrected chi connectivity index (χ3v) is 0.822. The molecule has 0 bridgehead atoms. The molecular formula is CH9FO4Si2. The van der Waals surface area contributed by atoms with Crippen LogP contribution in [-0.4, -0.2) is 41.1 Å². The van der Waals surface area contributed by atoms with E-state index in [1.807, 2.05) is 0 Å². The molecule has 0 radical (unpaired) electrons. The molecule has 0 saturated carbocycles. The van der Waals surface area contributed by atoms with Crippen LogP contribution in [0.15, 0.2) is 0 Å². The highest BCUT2D eigenvalue weighted by Crippen LogP contribution is 1.80.